The highest BCUT2D eigenvalue weighted by Gasteiger charge is 2.68. The van der Waals surface area contributed by atoms with Crippen LogP contribution in [0.25, 0.3) is 10.8 Å². The van der Waals surface area contributed by atoms with E-state index in [0.29, 0.717) is 16.9 Å². The number of nitrogens with zero attached hydrogens (tertiary/aromatic N) is 2. The fourth-order valence-corrected chi connectivity index (χ4v) is 7.16. The number of imide groups is 1. The summed E-state index contributed by atoms with van der Waals surface area (Å²) in [4.78, 5) is 43.4. The molecule has 4 aromatic rings. The molecule has 0 bridgehead atoms. The highest BCUT2D eigenvalue weighted by Crippen LogP contribution is 2.50. The second kappa shape index (κ2) is 10.8. The van der Waals surface area contributed by atoms with E-state index in [9.17, 15) is 24.8 Å². The number of nitrogens with one attached hydrogen (secondary N) is 1. The molecule has 8 heteroatoms. The molecular weight excluding hydrogens is 534 g/mol. The number of carbonyl (C=O) groups is 3. The lowest BCUT2D eigenvalue weighted by molar-refractivity contribution is -0.151. The largest absolute Gasteiger partial charge is 0.480 e. The van der Waals surface area contributed by atoms with Gasteiger partial charge < -0.3 is 5.11 Å². The molecule has 4 aromatic carbocycles. The van der Waals surface area contributed by atoms with Crippen molar-refractivity contribution in [3.8, 4) is 6.07 Å². The van der Waals surface area contributed by atoms with Crippen LogP contribution in [0.15, 0.2) is 102 Å². The third kappa shape index (κ3) is 4.67. The van der Waals surface area contributed by atoms with Crippen LogP contribution in [-0.2, 0) is 20.8 Å². The molecule has 6 rings (SSSR count). The van der Waals surface area contributed by atoms with Crippen LogP contribution < -0.4 is 5.32 Å². The zero-order valence-corrected chi connectivity index (χ0v) is 22.9. The fraction of sp³-hybridized carbons (Fsp3) is 0.212. The number of hydrogen-bond acceptors (Lipinski definition) is 6. The summed E-state index contributed by atoms with van der Waals surface area (Å²) in [6.45, 7) is 0.169. The quantitative estimate of drug-likeness (QED) is 0.235. The number of aliphatic carboxylic acids is 1. The molecule has 4 atom stereocenters. The van der Waals surface area contributed by atoms with Gasteiger partial charge in [-0.2, -0.15) is 5.26 Å². The smallest absolute Gasteiger partial charge is 0.325 e. The number of fused-ring (bicyclic) bond motifs is 2. The molecule has 2 aliphatic heterocycles. The molecule has 0 radical (unpaired) electrons. The number of hydrogen-bond donors (Lipinski definition) is 2. The number of amides is 2. The summed E-state index contributed by atoms with van der Waals surface area (Å²) in [5.74, 6) is -3.67. The molecule has 2 fully saturated rings. The van der Waals surface area contributed by atoms with Crippen LogP contribution in [-0.4, -0.2) is 45.6 Å². The third-order valence-corrected chi connectivity index (χ3v) is 9.16. The maximum Gasteiger partial charge on any atom is 0.325 e. The van der Waals surface area contributed by atoms with Gasteiger partial charge in [-0.1, -0.05) is 78.9 Å². The molecule has 2 N–H and O–H groups in total. The van der Waals surface area contributed by atoms with Gasteiger partial charge in [0.25, 0.3) is 0 Å². The summed E-state index contributed by atoms with van der Waals surface area (Å²) in [5, 5.41) is 25.8. The Hall–Kier alpha value is -4.45. The van der Waals surface area contributed by atoms with Crippen molar-refractivity contribution in [3.63, 3.8) is 0 Å². The lowest BCUT2D eigenvalue weighted by atomic mass is 9.76. The van der Waals surface area contributed by atoms with E-state index in [0.717, 1.165) is 21.2 Å². The number of likely N-dealkylation sites (tertiary alicyclic amines) is 1. The number of thioether (sulfide) groups is 1. The summed E-state index contributed by atoms with van der Waals surface area (Å²) in [5.41, 5.74) is -0.138. The van der Waals surface area contributed by atoms with Crippen molar-refractivity contribution >= 4 is 40.3 Å². The second-order valence-corrected chi connectivity index (χ2v) is 11.6. The number of benzene rings is 4. The van der Waals surface area contributed by atoms with Crippen molar-refractivity contribution in [2.24, 2.45) is 11.8 Å². The van der Waals surface area contributed by atoms with Crippen molar-refractivity contribution < 1.29 is 19.5 Å². The number of carboxylic acids is 1. The van der Waals surface area contributed by atoms with Crippen molar-refractivity contribution in [2.75, 3.05) is 12.3 Å². The van der Waals surface area contributed by atoms with E-state index in [1.165, 1.54) is 16.7 Å². The van der Waals surface area contributed by atoms with Gasteiger partial charge in [-0.05, 0) is 40.1 Å². The zero-order chi connectivity index (χ0) is 28.6. The predicted molar refractivity (Wildman–Crippen MR) is 156 cm³/mol. The Labute approximate surface area is 241 Å². The van der Waals surface area contributed by atoms with Gasteiger partial charge in [-0.3, -0.25) is 24.6 Å². The first-order valence-electron chi connectivity index (χ1n) is 13.4. The number of carboxylic acid groups (broad SMARTS) is 1. The van der Waals surface area contributed by atoms with Gasteiger partial charge in [0.2, 0.25) is 11.8 Å². The summed E-state index contributed by atoms with van der Waals surface area (Å²) >= 11 is 1.53. The molecule has 7 nitrogen and oxygen atoms in total. The molecule has 204 valence electrons. The predicted octanol–water partition coefficient (Wildman–Crippen LogP) is 4.82. The fourth-order valence-electron chi connectivity index (χ4n) is 6.30. The average molecular weight is 562 g/mol. The van der Waals surface area contributed by atoms with Gasteiger partial charge in [-0.15, -0.1) is 11.8 Å². The summed E-state index contributed by atoms with van der Waals surface area (Å²) < 4.78 is 0. The van der Waals surface area contributed by atoms with Gasteiger partial charge in [0.05, 0.1) is 23.5 Å². The monoisotopic (exact) mass is 561 g/mol. The van der Waals surface area contributed by atoms with Crippen LogP contribution in [0.1, 0.15) is 22.7 Å². The number of nitriles is 1. The molecule has 2 heterocycles. The summed E-state index contributed by atoms with van der Waals surface area (Å²) in [7, 11) is 0. The Morgan fingerprint density at radius 3 is 2.39 bits per heavy atom. The lowest BCUT2D eigenvalue weighted by Crippen LogP contribution is -2.57. The first-order valence-corrected chi connectivity index (χ1v) is 14.4. The normalized spacial score (nSPS) is 23.5. The minimum absolute atomic E-state index is 0.00514. The maximum absolute atomic E-state index is 14.0. The average Bonchev–Trinajstić information content (AvgIpc) is 3.47. The SMILES string of the molecule is N#Cc1ccccc1C1NC(Cc2ccc3ccccc3c2)(C(=O)O)C2C(=O)N(CCSc3ccccc3)C(=O)C12. The van der Waals surface area contributed by atoms with E-state index in [1.54, 1.807) is 24.3 Å². The van der Waals surface area contributed by atoms with Crippen LogP contribution in [0.4, 0.5) is 0 Å². The molecule has 4 unspecified atom stereocenters. The van der Waals surface area contributed by atoms with Crippen molar-refractivity contribution in [1.29, 1.82) is 5.26 Å². The minimum Gasteiger partial charge on any atom is -0.480 e. The first kappa shape index (κ1) is 26.8. The molecular formula is C33H27N3O4S. The number of carbonyl (C=O) groups excluding carboxylic acids is 2. The summed E-state index contributed by atoms with van der Waals surface area (Å²) in [6.07, 6.45) is 0.00514. The standard InChI is InChI=1S/C33H27N3O4S/c34-20-24-10-6-7-13-26(24)29-27-28(31(38)36(30(27)37)16-17-41-25-11-2-1-3-12-25)33(35-29,32(39)40)19-21-14-15-22-8-4-5-9-23(22)18-21/h1-15,18,27-29,35H,16-17,19H2,(H,39,40). The van der Waals surface area contributed by atoms with Crippen molar-refractivity contribution in [2.45, 2.75) is 22.9 Å². The van der Waals surface area contributed by atoms with Gasteiger partial charge in [0.15, 0.2) is 0 Å². The minimum atomic E-state index is -1.74. The molecule has 2 amide bonds. The van der Waals surface area contributed by atoms with Crippen LogP contribution in [0.2, 0.25) is 0 Å². The van der Waals surface area contributed by atoms with E-state index >= 15 is 0 Å². The lowest BCUT2D eigenvalue weighted by Gasteiger charge is -2.31. The van der Waals surface area contributed by atoms with E-state index in [1.807, 2.05) is 72.8 Å². The maximum atomic E-state index is 14.0. The van der Waals surface area contributed by atoms with E-state index in [-0.39, 0.29) is 13.0 Å². The van der Waals surface area contributed by atoms with Crippen LogP contribution in [0.3, 0.4) is 0 Å². The Balaban J connectivity index is 1.39. The number of rotatable bonds is 8. The van der Waals surface area contributed by atoms with Gasteiger partial charge in [-0.25, -0.2) is 0 Å². The second-order valence-electron chi connectivity index (χ2n) is 10.4. The Bertz CT molecular complexity index is 1700. The van der Waals surface area contributed by atoms with Crippen molar-refractivity contribution in [1.82, 2.24) is 10.2 Å². The van der Waals surface area contributed by atoms with Gasteiger partial charge in [0, 0.05) is 29.7 Å². The first-order chi connectivity index (χ1) is 19.9. The highest BCUT2D eigenvalue weighted by molar-refractivity contribution is 7.99. The summed E-state index contributed by atoms with van der Waals surface area (Å²) in [6, 6.07) is 31.5. The van der Waals surface area contributed by atoms with Crippen LogP contribution in [0, 0.1) is 23.2 Å². The van der Waals surface area contributed by atoms with Gasteiger partial charge >= 0.3 is 5.97 Å². The van der Waals surface area contributed by atoms with E-state index < -0.39 is 41.2 Å². The molecule has 0 aliphatic carbocycles. The molecule has 41 heavy (non-hydrogen) atoms. The Morgan fingerprint density at radius 1 is 0.927 bits per heavy atom. The Kier molecular flexibility index (Phi) is 7.08. The molecule has 2 saturated heterocycles. The Morgan fingerprint density at radius 2 is 1.63 bits per heavy atom. The molecule has 0 aromatic heterocycles. The molecule has 2 aliphatic rings. The zero-order valence-electron chi connectivity index (χ0n) is 22.1. The topological polar surface area (TPSA) is 110 Å². The third-order valence-electron chi connectivity index (χ3n) is 8.17. The van der Waals surface area contributed by atoms with E-state index in [2.05, 4.69) is 11.4 Å². The van der Waals surface area contributed by atoms with Crippen LogP contribution >= 0.6 is 11.8 Å². The van der Waals surface area contributed by atoms with Crippen LogP contribution in [0.5, 0.6) is 0 Å². The molecule has 0 saturated carbocycles. The highest BCUT2D eigenvalue weighted by atomic mass is 32.2. The van der Waals surface area contributed by atoms with Crippen molar-refractivity contribution in [3.05, 3.63) is 114 Å². The van der Waals surface area contributed by atoms with Gasteiger partial charge in [0.1, 0.15) is 5.54 Å². The van der Waals surface area contributed by atoms with E-state index in [4.69, 9.17) is 0 Å². The molecule has 0 spiro atoms.